The molecule has 0 aliphatic heterocycles. The number of amides is 2. The van der Waals surface area contributed by atoms with E-state index >= 15 is 0 Å². The summed E-state index contributed by atoms with van der Waals surface area (Å²) in [5.41, 5.74) is 2.60. The quantitative estimate of drug-likeness (QED) is 0.357. The average molecular weight is 402 g/mol. The first-order valence-corrected chi connectivity index (χ1v) is 9.84. The molecule has 0 saturated heterocycles. The number of nitrogens with one attached hydrogen (secondary N) is 4. The highest BCUT2D eigenvalue weighted by atomic mass is 16.2. The van der Waals surface area contributed by atoms with E-state index in [4.69, 9.17) is 0 Å². The van der Waals surface area contributed by atoms with E-state index in [1.165, 1.54) is 17.1 Å². The molecule has 4 aromatic rings. The lowest BCUT2D eigenvalue weighted by atomic mass is 10.1. The Morgan fingerprint density at radius 1 is 0.833 bits per heavy atom. The van der Waals surface area contributed by atoms with Gasteiger partial charge in [0.25, 0.3) is 5.91 Å². The van der Waals surface area contributed by atoms with Crippen LogP contribution >= 0.6 is 0 Å². The second-order valence-corrected chi connectivity index (χ2v) is 7.07. The van der Waals surface area contributed by atoms with E-state index < -0.39 is 5.91 Å². The standard InChI is InChI=1S/C23H22N4O3/c28-21(24-11-5-6-15-12-25-19-9-3-1-7-16(15)19)14-27-23(30)18-13-26-20-10-4-2-8-17(20)22(18)29/h1-4,7-10,12-13,25H,5-6,11,14H2,(H,24,28)(H,26,29)(H,27,30). The number of benzene rings is 2. The molecule has 30 heavy (non-hydrogen) atoms. The second-order valence-electron chi connectivity index (χ2n) is 7.07. The van der Waals surface area contributed by atoms with Crippen molar-refractivity contribution >= 4 is 33.6 Å². The summed E-state index contributed by atoms with van der Waals surface area (Å²) < 4.78 is 0. The van der Waals surface area contributed by atoms with Crippen LogP contribution in [0.4, 0.5) is 0 Å². The fraction of sp³-hybridized carbons (Fsp3) is 0.174. The van der Waals surface area contributed by atoms with Crippen LogP contribution < -0.4 is 16.1 Å². The maximum atomic E-state index is 12.4. The Hall–Kier alpha value is -3.87. The van der Waals surface area contributed by atoms with Crippen molar-refractivity contribution in [1.29, 1.82) is 0 Å². The predicted molar refractivity (Wildman–Crippen MR) is 117 cm³/mol. The molecule has 7 nitrogen and oxygen atoms in total. The Bertz CT molecular complexity index is 1270. The number of pyridine rings is 1. The third-order valence-corrected chi connectivity index (χ3v) is 5.06. The van der Waals surface area contributed by atoms with Gasteiger partial charge in [0.2, 0.25) is 11.3 Å². The van der Waals surface area contributed by atoms with Crippen LogP contribution in [0.1, 0.15) is 22.3 Å². The minimum atomic E-state index is -0.573. The molecule has 0 spiro atoms. The lowest BCUT2D eigenvalue weighted by molar-refractivity contribution is -0.120. The van der Waals surface area contributed by atoms with Crippen molar-refractivity contribution in [2.45, 2.75) is 12.8 Å². The Morgan fingerprint density at radius 2 is 1.50 bits per heavy atom. The number of aromatic nitrogens is 2. The van der Waals surface area contributed by atoms with Gasteiger partial charge in [0.15, 0.2) is 0 Å². The number of para-hydroxylation sites is 2. The summed E-state index contributed by atoms with van der Waals surface area (Å²) in [6.07, 6.45) is 4.99. The van der Waals surface area contributed by atoms with Crippen LogP contribution in [0.25, 0.3) is 21.8 Å². The molecule has 2 heterocycles. The molecule has 0 unspecified atom stereocenters. The fourth-order valence-corrected chi connectivity index (χ4v) is 3.50. The van der Waals surface area contributed by atoms with Crippen molar-refractivity contribution in [2.24, 2.45) is 0 Å². The van der Waals surface area contributed by atoms with Gasteiger partial charge in [-0.1, -0.05) is 30.3 Å². The molecule has 0 fully saturated rings. The average Bonchev–Trinajstić information content (AvgIpc) is 3.18. The van der Waals surface area contributed by atoms with Crippen LogP contribution in [0.2, 0.25) is 0 Å². The number of H-pyrrole nitrogens is 2. The first-order chi connectivity index (χ1) is 14.6. The number of carbonyl (C=O) groups excluding carboxylic acids is 2. The Kier molecular flexibility index (Phi) is 5.61. The molecule has 4 rings (SSSR count). The number of hydrogen-bond acceptors (Lipinski definition) is 3. The van der Waals surface area contributed by atoms with Crippen LogP contribution in [0.15, 0.2) is 65.7 Å². The van der Waals surface area contributed by atoms with Crippen molar-refractivity contribution in [3.63, 3.8) is 0 Å². The van der Waals surface area contributed by atoms with Gasteiger partial charge in [-0.25, -0.2) is 0 Å². The highest BCUT2D eigenvalue weighted by Gasteiger charge is 2.13. The van der Waals surface area contributed by atoms with Gasteiger partial charge in [0.05, 0.1) is 6.54 Å². The molecule has 0 aliphatic rings. The largest absolute Gasteiger partial charge is 0.361 e. The SMILES string of the molecule is O=C(CNC(=O)c1c[nH]c2ccccc2c1=O)NCCCc1c[nH]c2ccccc12. The van der Waals surface area contributed by atoms with Crippen molar-refractivity contribution in [2.75, 3.05) is 13.1 Å². The van der Waals surface area contributed by atoms with Gasteiger partial charge in [0.1, 0.15) is 5.56 Å². The van der Waals surface area contributed by atoms with Crippen LogP contribution in [0.5, 0.6) is 0 Å². The van der Waals surface area contributed by atoms with Crippen molar-refractivity contribution in [3.8, 4) is 0 Å². The van der Waals surface area contributed by atoms with E-state index in [0.717, 1.165) is 18.4 Å². The van der Waals surface area contributed by atoms with E-state index in [0.29, 0.717) is 17.4 Å². The van der Waals surface area contributed by atoms with Crippen LogP contribution in [0.3, 0.4) is 0 Å². The first kappa shape index (κ1) is 19.4. The van der Waals surface area contributed by atoms with Gasteiger partial charge in [-0.15, -0.1) is 0 Å². The monoisotopic (exact) mass is 402 g/mol. The van der Waals surface area contributed by atoms with Crippen LogP contribution in [-0.2, 0) is 11.2 Å². The molecule has 152 valence electrons. The number of hydrogen-bond donors (Lipinski definition) is 4. The molecule has 0 saturated carbocycles. The van der Waals surface area contributed by atoms with E-state index in [1.54, 1.807) is 24.3 Å². The van der Waals surface area contributed by atoms with Crippen molar-refractivity contribution in [3.05, 3.63) is 82.3 Å². The summed E-state index contributed by atoms with van der Waals surface area (Å²) in [4.78, 5) is 43.0. The molecule has 4 N–H and O–H groups in total. The van der Waals surface area contributed by atoms with Gasteiger partial charge in [0, 0.05) is 40.7 Å². The first-order valence-electron chi connectivity index (χ1n) is 9.84. The van der Waals surface area contributed by atoms with Crippen LogP contribution in [-0.4, -0.2) is 34.9 Å². The van der Waals surface area contributed by atoms with E-state index in [9.17, 15) is 14.4 Å². The minimum Gasteiger partial charge on any atom is -0.361 e. The van der Waals surface area contributed by atoms with E-state index in [2.05, 4.69) is 26.7 Å². The lowest BCUT2D eigenvalue weighted by Gasteiger charge is -2.07. The third kappa shape index (κ3) is 4.10. The molecular formula is C23H22N4O3. The maximum absolute atomic E-state index is 12.4. The minimum absolute atomic E-state index is 0.0131. The molecule has 0 radical (unpaired) electrons. The Morgan fingerprint density at radius 3 is 2.30 bits per heavy atom. The number of aryl methyl sites for hydroxylation is 1. The van der Waals surface area contributed by atoms with E-state index in [-0.39, 0.29) is 23.4 Å². The third-order valence-electron chi connectivity index (χ3n) is 5.06. The maximum Gasteiger partial charge on any atom is 0.257 e. The Balaban J connectivity index is 1.25. The predicted octanol–water partition coefficient (Wildman–Crippen LogP) is 2.49. The molecule has 2 aromatic heterocycles. The molecule has 2 amide bonds. The van der Waals surface area contributed by atoms with Gasteiger partial charge in [-0.3, -0.25) is 14.4 Å². The zero-order valence-corrected chi connectivity index (χ0v) is 16.3. The van der Waals surface area contributed by atoms with Gasteiger partial charge in [-0.05, 0) is 36.6 Å². The highest BCUT2D eigenvalue weighted by molar-refractivity contribution is 5.98. The number of fused-ring (bicyclic) bond motifs is 2. The summed E-state index contributed by atoms with van der Waals surface area (Å²) >= 11 is 0. The topological polar surface area (TPSA) is 107 Å². The zero-order chi connectivity index (χ0) is 20.9. The smallest absolute Gasteiger partial charge is 0.257 e. The zero-order valence-electron chi connectivity index (χ0n) is 16.3. The highest BCUT2D eigenvalue weighted by Crippen LogP contribution is 2.18. The molecule has 0 aliphatic carbocycles. The van der Waals surface area contributed by atoms with Gasteiger partial charge < -0.3 is 20.6 Å². The van der Waals surface area contributed by atoms with Crippen molar-refractivity contribution in [1.82, 2.24) is 20.6 Å². The second kappa shape index (κ2) is 8.65. The van der Waals surface area contributed by atoms with E-state index in [1.807, 2.05) is 24.4 Å². The van der Waals surface area contributed by atoms with Crippen molar-refractivity contribution < 1.29 is 9.59 Å². The normalized spacial score (nSPS) is 10.9. The molecule has 0 bridgehead atoms. The fourth-order valence-electron chi connectivity index (χ4n) is 3.50. The van der Waals surface area contributed by atoms with Gasteiger partial charge >= 0.3 is 0 Å². The molecule has 7 heteroatoms. The molecular weight excluding hydrogens is 380 g/mol. The summed E-state index contributed by atoms with van der Waals surface area (Å²) in [5, 5.41) is 6.93. The number of carbonyl (C=O) groups is 2. The summed E-state index contributed by atoms with van der Waals surface area (Å²) in [7, 11) is 0. The number of rotatable bonds is 7. The molecule has 2 aromatic carbocycles. The van der Waals surface area contributed by atoms with Crippen LogP contribution in [0, 0.1) is 0 Å². The Labute approximate surface area is 172 Å². The lowest BCUT2D eigenvalue weighted by Crippen LogP contribution is -2.38. The van der Waals surface area contributed by atoms with Gasteiger partial charge in [-0.2, -0.15) is 0 Å². The summed E-state index contributed by atoms with van der Waals surface area (Å²) in [6.45, 7) is 0.322. The summed E-state index contributed by atoms with van der Waals surface area (Å²) in [5.74, 6) is -0.865. The summed E-state index contributed by atoms with van der Waals surface area (Å²) in [6, 6.07) is 15.1. The molecule has 0 atom stereocenters. The number of aromatic amines is 2.